The van der Waals surface area contributed by atoms with E-state index in [2.05, 4.69) is 31.2 Å². The molecule has 2 aromatic rings. The fourth-order valence-electron chi connectivity index (χ4n) is 3.35. The Morgan fingerprint density at radius 1 is 0.929 bits per heavy atom. The minimum atomic E-state index is -0.215. The smallest absolute Gasteiger partial charge is 0.321 e. The van der Waals surface area contributed by atoms with Crippen LogP contribution in [0, 0.1) is 25.7 Å². The van der Waals surface area contributed by atoms with Gasteiger partial charge in [-0.2, -0.15) is 0 Å². The van der Waals surface area contributed by atoms with Crippen molar-refractivity contribution in [1.29, 1.82) is 0 Å². The van der Waals surface area contributed by atoms with Crippen LogP contribution in [0.1, 0.15) is 35.4 Å². The normalized spacial score (nSPS) is 19.1. The van der Waals surface area contributed by atoms with E-state index in [9.17, 15) is 9.59 Å². The lowest BCUT2D eigenvalue weighted by Gasteiger charge is -2.29. The van der Waals surface area contributed by atoms with Crippen LogP contribution in [0.25, 0.3) is 0 Å². The van der Waals surface area contributed by atoms with E-state index in [0.29, 0.717) is 35.2 Å². The second-order valence-electron chi connectivity index (χ2n) is 7.12. The third kappa shape index (κ3) is 6.45. The van der Waals surface area contributed by atoms with Crippen molar-refractivity contribution in [3.8, 4) is 0 Å². The summed E-state index contributed by atoms with van der Waals surface area (Å²) < 4.78 is 0. The van der Waals surface area contributed by atoms with Crippen molar-refractivity contribution in [2.45, 2.75) is 39.5 Å². The number of hydrogen-bond donors (Lipinski definition) is 4. The number of nitrogens with one attached hydrogen (secondary N) is 4. The van der Waals surface area contributed by atoms with Crippen molar-refractivity contribution in [3.05, 3.63) is 22.1 Å². The molecule has 2 heterocycles. The third-order valence-corrected chi connectivity index (χ3v) is 6.33. The number of urea groups is 2. The van der Waals surface area contributed by atoms with Crippen molar-refractivity contribution in [2.75, 3.05) is 23.7 Å². The van der Waals surface area contributed by atoms with Crippen LogP contribution in [-0.4, -0.2) is 35.1 Å². The molecule has 1 saturated carbocycles. The summed E-state index contributed by atoms with van der Waals surface area (Å²) in [7, 11) is 0. The van der Waals surface area contributed by atoms with E-state index in [0.717, 1.165) is 35.4 Å². The van der Waals surface area contributed by atoms with Gasteiger partial charge in [-0.15, -0.1) is 22.7 Å². The number of carbonyl (C=O) groups excluding carboxylic acids is 2. The summed E-state index contributed by atoms with van der Waals surface area (Å²) in [5.41, 5.74) is 0. The number of amides is 4. The van der Waals surface area contributed by atoms with Crippen LogP contribution < -0.4 is 21.3 Å². The van der Waals surface area contributed by atoms with Gasteiger partial charge in [0.1, 0.15) is 0 Å². The van der Waals surface area contributed by atoms with Crippen molar-refractivity contribution < 1.29 is 9.59 Å². The fourth-order valence-corrected chi connectivity index (χ4v) is 4.67. The van der Waals surface area contributed by atoms with Crippen LogP contribution in [0.3, 0.4) is 0 Å². The Balaban J connectivity index is 1.35. The Bertz CT molecular complexity index is 741. The first kappa shape index (κ1) is 20.5. The molecule has 8 nitrogen and oxygen atoms in total. The first-order valence-electron chi connectivity index (χ1n) is 9.42. The van der Waals surface area contributed by atoms with Gasteiger partial charge >= 0.3 is 12.1 Å². The predicted octanol–water partition coefficient (Wildman–Crippen LogP) is 3.97. The summed E-state index contributed by atoms with van der Waals surface area (Å²) in [5.74, 6) is 0.850. The summed E-state index contributed by atoms with van der Waals surface area (Å²) in [5, 5.41) is 12.6. The number of nitrogens with zero attached hydrogens (tertiary/aromatic N) is 2. The molecule has 28 heavy (non-hydrogen) atoms. The monoisotopic (exact) mass is 422 g/mol. The summed E-state index contributed by atoms with van der Waals surface area (Å²) in [6.07, 6.45) is 7.78. The molecular formula is C18H26N6O2S2. The first-order chi connectivity index (χ1) is 13.5. The summed E-state index contributed by atoms with van der Waals surface area (Å²) >= 11 is 2.91. The average Bonchev–Trinajstić information content (AvgIpc) is 3.26. The molecule has 0 bridgehead atoms. The molecule has 0 radical (unpaired) electrons. The zero-order valence-electron chi connectivity index (χ0n) is 16.1. The Labute approximate surface area is 172 Å². The Morgan fingerprint density at radius 2 is 1.39 bits per heavy atom. The van der Waals surface area contributed by atoms with Crippen molar-refractivity contribution in [2.24, 2.45) is 11.8 Å². The Morgan fingerprint density at radius 3 is 1.79 bits per heavy atom. The van der Waals surface area contributed by atoms with Gasteiger partial charge in [0.2, 0.25) is 0 Å². The summed E-state index contributed by atoms with van der Waals surface area (Å²) in [6, 6.07) is -0.430. The molecule has 0 aromatic carbocycles. The molecule has 3 rings (SSSR count). The van der Waals surface area contributed by atoms with Crippen LogP contribution in [0.15, 0.2) is 12.4 Å². The van der Waals surface area contributed by atoms with E-state index in [1.165, 1.54) is 22.7 Å². The van der Waals surface area contributed by atoms with Crippen LogP contribution in [0.5, 0.6) is 0 Å². The number of rotatable bonds is 6. The number of thiazole rings is 2. The van der Waals surface area contributed by atoms with Gasteiger partial charge in [0.25, 0.3) is 0 Å². The second kappa shape index (κ2) is 9.83. The molecule has 0 unspecified atom stereocenters. The quantitative estimate of drug-likeness (QED) is 0.565. The molecule has 0 aliphatic heterocycles. The van der Waals surface area contributed by atoms with Crippen LogP contribution in [-0.2, 0) is 0 Å². The lowest BCUT2D eigenvalue weighted by Crippen LogP contribution is -2.38. The maximum atomic E-state index is 12.0. The number of aryl methyl sites for hydroxylation is 2. The minimum absolute atomic E-state index is 0.215. The molecule has 10 heteroatoms. The highest BCUT2D eigenvalue weighted by Gasteiger charge is 2.23. The van der Waals surface area contributed by atoms with E-state index in [1.807, 2.05) is 13.8 Å². The van der Waals surface area contributed by atoms with Crippen LogP contribution in [0.2, 0.25) is 0 Å². The molecular weight excluding hydrogens is 396 g/mol. The number of hydrogen-bond acceptors (Lipinski definition) is 6. The van der Waals surface area contributed by atoms with E-state index in [4.69, 9.17) is 0 Å². The highest BCUT2D eigenvalue weighted by atomic mass is 32.1. The van der Waals surface area contributed by atoms with Gasteiger partial charge in [0.05, 0.1) is 0 Å². The summed E-state index contributed by atoms with van der Waals surface area (Å²) in [6.45, 7) is 5.18. The molecule has 2 atom stereocenters. The maximum Gasteiger partial charge on any atom is 0.321 e. The van der Waals surface area contributed by atoms with Gasteiger partial charge in [-0.05, 0) is 44.9 Å². The van der Waals surface area contributed by atoms with E-state index >= 15 is 0 Å². The maximum absolute atomic E-state index is 12.0. The van der Waals surface area contributed by atoms with Crippen molar-refractivity contribution in [1.82, 2.24) is 20.6 Å². The standard InChI is InChI=1S/C18H26N6O2S2/c1-11-7-21-17(27-11)23-15(25)19-9-13-4-3-5-14(6-13)10-20-16(26)24-18-22-8-12(2)28-18/h7-8,13-14H,3-6,9-10H2,1-2H3,(H2,19,21,23,25)(H2,20,22,24,26)/t13-,14-/m1/s1. The Kier molecular flexibility index (Phi) is 7.21. The van der Waals surface area contributed by atoms with Gasteiger partial charge in [0, 0.05) is 35.2 Å². The van der Waals surface area contributed by atoms with Gasteiger partial charge < -0.3 is 10.6 Å². The van der Waals surface area contributed by atoms with E-state index in [-0.39, 0.29) is 12.1 Å². The largest absolute Gasteiger partial charge is 0.338 e. The molecule has 1 fully saturated rings. The molecule has 0 spiro atoms. The first-order valence-corrected chi connectivity index (χ1v) is 11.1. The highest BCUT2D eigenvalue weighted by molar-refractivity contribution is 7.15. The molecule has 152 valence electrons. The zero-order valence-corrected chi connectivity index (χ0v) is 17.7. The van der Waals surface area contributed by atoms with Gasteiger partial charge in [-0.25, -0.2) is 19.6 Å². The highest BCUT2D eigenvalue weighted by Crippen LogP contribution is 2.28. The zero-order chi connectivity index (χ0) is 19.9. The molecule has 2 aromatic heterocycles. The van der Waals surface area contributed by atoms with Gasteiger partial charge in [-0.3, -0.25) is 10.6 Å². The molecule has 1 aliphatic carbocycles. The van der Waals surface area contributed by atoms with E-state index in [1.54, 1.807) is 12.4 Å². The number of aromatic nitrogens is 2. The third-order valence-electron chi connectivity index (χ3n) is 4.68. The molecule has 4 N–H and O–H groups in total. The number of anilines is 2. The molecule has 0 saturated heterocycles. The van der Waals surface area contributed by atoms with Crippen molar-refractivity contribution >= 4 is 45.0 Å². The SMILES string of the molecule is Cc1cnc(NC(=O)NC[C@@H]2CCC[C@@H](CNC(=O)Nc3ncc(C)s3)C2)s1. The predicted molar refractivity (Wildman–Crippen MR) is 113 cm³/mol. The fraction of sp³-hybridized carbons (Fsp3) is 0.556. The molecule has 1 aliphatic rings. The van der Waals surface area contributed by atoms with Crippen LogP contribution >= 0.6 is 22.7 Å². The number of carbonyl (C=O) groups is 2. The minimum Gasteiger partial charge on any atom is -0.338 e. The summed E-state index contributed by atoms with van der Waals surface area (Å²) in [4.78, 5) is 34.4. The molecule has 4 amide bonds. The van der Waals surface area contributed by atoms with Crippen molar-refractivity contribution in [3.63, 3.8) is 0 Å². The van der Waals surface area contributed by atoms with Gasteiger partial charge in [0.15, 0.2) is 10.3 Å². The van der Waals surface area contributed by atoms with E-state index < -0.39 is 0 Å². The average molecular weight is 423 g/mol. The van der Waals surface area contributed by atoms with Gasteiger partial charge in [-0.1, -0.05) is 6.42 Å². The second-order valence-corrected chi connectivity index (χ2v) is 9.59. The van der Waals surface area contributed by atoms with Crippen LogP contribution in [0.4, 0.5) is 19.9 Å². The lowest BCUT2D eigenvalue weighted by molar-refractivity contribution is 0.230. The topological polar surface area (TPSA) is 108 Å². The Hall–Kier alpha value is -2.20. The lowest BCUT2D eigenvalue weighted by atomic mass is 9.81.